The van der Waals surface area contributed by atoms with E-state index in [-0.39, 0.29) is 6.04 Å². The van der Waals surface area contributed by atoms with Crippen LogP contribution in [-0.4, -0.2) is 45.1 Å². The molecule has 0 bridgehead atoms. The minimum atomic E-state index is 0.195. The molecule has 1 rings (SSSR count). The normalized spacial score (nSPS) is 13.7. The lowest BCUT2D eigenvalue weighted by Gasteiger charge is -2.23. The van der Waals surface area contributed by atoms with Crippen LogP contribution < -0.4 is 10.6 Å². The van der Waals surface area contributed by atoms with E-state index in [0.717, 1.165) is 31.2 Å². The molecule has 1 aromatic heterocycles. The van der Waals surface area contributed by atoms with Crippen molar-refractivity contribution in [3.05, 3.63) is 24.2 Å². The van der Waals surface area contributed by atoms with Crippen molar-refractivity contribution in [2.45, 2.75) is 19.4 Å². The Balaban J connectivity index is 2.52. The molecule has 1 heterocycles. The SMILES string of the molecule is CCCNC(=NC)NCC(c1ccco1)N(C)C. The van der Waals surface area contributed by atoms with Crippen molar-refractivity contribution in [3.63, 3.8) is 0 Å². The Morgan fingerprint density at radius 1 is 1.44 bits per heavy atom. The van der Waals surface area contributed by atoms with Gasteiger partial charge in [-0.2, -0.15) is 0 Å². The lowest BCUT2D eigenvalue weighted by molar-refractivity contribution is 0.258. The third-order valence-corrected chi connectivity index (χ3v) is 2.72. The molecule has 1 atom stereocenters. The monoisotopic (exact) mass is 252 g/mol. The van der Waals surface area contributed by atoms with Crippen LogP contribution >= 0.6 is 0 Å². The quantitative estimate of drug-likeness (QED) is 0.594. The molecule has 18 heavy (non-hydrogen) atoms. The van der Waals surface area contributed by atoms with E-state index < -0.39 is 0 Å². The number of aliphatic imine (C=N–C) groups is 1. The Bertz CT molecular complexity index is 346. The molecule has 0 aliphatic rings. The Morgan fingerprint density at radius 3 is 2.72 bits per heavy atom. The summed E-state index contributed by atoms with van der Waals surface area (Å²) in [5.41, 5.74) is 0. The minimum Gasteiger partial charge on any atom is -0.468 e. The zero-order chi connectivity index (χ0) is 13.4. The van der Waals surface area contributed by atoms with E-state index in [1.54, 1.807) is 13.3 Å². The number of nitrogens with zero attached hydrogens (tertiary/aromatic N) is 2. The third-order valence-electron chi connectivity index (χ3n) is 2.72. The molecule has 102 valence electrons. The van der Waals surface area contributed by atoms with E-state index in [1.807, 2.05) is 26.2 Å². The number of likely N-dealkylation sites (N-methyl/N-ethyl adjacent to an activating group) is 1. The summed E-state index contributed by atoms with van der Waals surface area (Å²) in [6.07, 6.45) is 2.78. The highest BCUT2D eigenvalue weighted by molar-refractivity contribution is 5.79. The number of guanidine groups is 1. The number of rotatable bonds is 6. The van der Waals surface area contributed by atoms with Crippen LogP contribution in [-0.2, 0) is 0 Å². The minimum absolute atomic E-state index is 0.195. The predicted molar refractivity (Wildman–Crippen MR) is 74.8 cm³/mol. The topological polar surface area (TPSA) is 52.8 Å². The molecule has 0 saturated heterocycles. The standard InChI is InChI=1S/C13H24N4O/c1-5-8-15-13(14-2)16-10-11(17(3)4)12-7-6-9-18-12/h6-7,9,11H,5,8,10H2,1-4H3,(H2,14,15,16). The Labute approximate surface area is 109 Å². The van der Waals surface area contributed by atoms with E-state index in [4.69, 9.17) is 4.42 Å². The highest BCUT2D eigenvalue weighted by Crippen LogP contribution is 2.17. The van der Waals surface area contributed by atoms with Gasteiger partial charge in [-0.3, -0.25) is 9.89 Å². The number of furan rings is 1. The molecule has 1 aromatic rings. The second-order valence-electron chi connectivity index (χ2n) is 4.37. The van der Waals surface area contributed by atoms with E-state index in [1.165, 1.54) is 0 Å². The van der Waals surface area contributed by atoms with E-state index in [9.17, 15) is 0 Å². The van der Waals surface area contributed by atoms with Gasteiger partial charge in [0.15, 0.2) is 5.96 Å². The first-order valence-electron chi connectivity index (χ1n) is 6.33. The largest absolute Gasteiger partial charge is 0.468 e. The zero-order valence-corrected chi connectivity index (χ0v) is 11.7. The maximum atomic E-state index is 5.46. The summed E-state index contributed by atoms with van der Waals surface area (Å²) < 4.78 is 5.46. The van der Waals surface area contributed by atoms with Crippen molar-refractivity contribution < 1.29 is 4.42 Å². The van der Waals surface area contributed by atoms with Crippen LogP contribution in [0, 0.1) is 0 Å². The van der Waals surface area contributed by atoms with Gasteiger partial charge in [0, 0.05) is 20.1 Å². The molecule has 5 nitrogen and oxygen atoms in total. The van der Waals surface area contributed by atoms with Gasteiger partial charge < -0.3 is 15.1 Å². The second-order valence-corrected chi connectivity index (χ2v) is 4.37. The third kappa shape index (κ3) is 4.41. The average Bonchev–Trinajstić information content (AvgIpc) is 2.86. The number of hydrogen-bond donors (Lipinski definition) is 2. The maximum Gasteiger partial charge on any atom is 0.191 e. The molecular weight excluding hydrogens is 228 g/mol. The second kappa shape index (κ2) is 7.76. The van der Waals surface area contributed by atoms with Gasteiger partial charge in [0.05, 0.1) is 12.3 Å². The van der Waals surface area contributed by atoms with Gasteiger partial charge >= 0.3 is 0 Å². The molecule has 0 radical (unpaired) electrons. The molecule has 1 unspecified atom stereocenters. The molecule has 0 aliphatic heterocycles. The van der Waals surface area contributed by atoms with Crippen molar-refractivity contribution in [2.75, 3.05) is 34.2 Å². The van der Waals surface area contributed by atoms with E-state index in [0.29, 0.717) is 0 Å². The van der Waals surface area contributed by atoms with Gasteiger partial charge in [-0.25, -0.2) is 0 Å². The summed E-state index contributed by atoms with van der Waals surface area (Å²) in [5.74, 6) is 1.79. The van der Waals surface area contributed by atoms with Crippen LogP contribution in [0.1, 0.15) is 25.1 Å². The van der Waals surface area contributed by atoms with Crippen molar-refractivity contribution in [1.29, 1.82) is 0 Å². The number of hydrogen-bond acceptors (Lipinski definition) is 3. The van der Waals surface area contributed by atoms with Gasteiger partial charge in [0.2, 0.25) is 0 Å². The molecular formula is C13H24N4O. The van der Waals surface area contributed by atoms with Gasteiger partial charge in [-0.15, -0.1) is 0 Å². The van der Waals surface area contributed by atoms with Crippen molar-refractivity contribution in [3.8, 4) is 0 Å². The summed E-state index contributed by atoms with van der Waals surface area (Å²) >= 11 is 0. The lowest BCUT2D eigenvalue weighted by atomic mass is 10.2. The molecule has 0 aromatic carbocycles. The summed E-state index contributed by atoms with van der Waals surface area (Å²) in [5, 5.41) is 6.56. The van der Waals surface area contributed by atoms with Crippen molar-refractivity contribution in [1.82, 2.24) is 15.5 Å². The molecule has 2 N–H and O–H groups in total. The van der Waals surface area contributed by atoms with Crippen LogP contribution in [0.15, 0.2) is 27.8 Å². The van der Waals surface area contributed by atoms with Crippen LogP contribution in [0.25, 0.3) is 0 Å². The van der Waals surface area contributed by atoms with Gasteiger partial charge in [-0.05, 0) is 32.6 Å². The van der Waals surface area contributed by atoms with Gasteiger partial charge in [0.1, 0.15) is 5.76 Å². The zero-order valence-electron chi connectivity index (χ0n) is 11.7. The van der Waals surface area contributed by atoms with Gasteiger partial charge in [0.25, 0.3) is 0 Å². The summed E-state index contributed by atoms with van der Waals surface area (Å²) in [7, 11) is 5.86. The van der Waals surface area contributed by atoms with Gasteiger partial charge in [-0.1, -0.05) is 6.92 Å². The maximum absolute atomic E-state index is 5.46. The summed E-state index contributed by atoms with van der Waals surface area (Å²) in [6, 6.07) is 4.10. The summed E-state index contributed by atoms with van der Waals surface area (Å²) in [4.78, 5) is 6.31. The first-order valence-corrected chi connectivity index (χ1v) is 6.33. The fourth-order valence-electron chi connectivity index (χ4n) is 1.68. The van der Waals surface area contributed by atoms with Crippen molar-refractivity contribution >= 4 is 5.96 Å². The first kappa shape index (κ1) is 14.6. The molecule has 5 heteroatoms. The Morgan fingerprint density at radius 2 is 2.22 bits per heavy atom. The predicted octanol–water partition coefficient (Wildman–Crippen LogP) is 1.46. The molecule has 0 amide bonds. The molecule has 0 spiro atoms. The molecule has 0 fully saturated rings. The van der Waals surface area contributed by atoms with Crippen LogP contribution in [0.5, 0.6) is 0 Å². The van der Waals surface area contributed by atoms with Crippen molar-refractivity contribution in [2.24, 2.45) is 4.99 Å². The van der Waals surface area contributed by atoms with Crippen LogP contribution in [0.2, 0.25) is 0 Å². The highest BCUT2D eigenvalue weighted by atomic mass is 16.3. The Hall–Kier alpha value is -1.49. The number of nitrogens with one attached hydrogen (secondary N) is 2. The lowest BCUT2D eigenvalue weighted by Crippen LogP contribution is -2.41. The van der Waals surface area contributed by atoms with Crippen LogP contribution in [0.3, 0.4) is 0 Å². The van der Waals surface area contributed by atoms with E-state index in [2.05, 4.69) is 27.4 Å². The fourth-order valence-corrected chi connectivity index (χ4v) is 1.68. The highest BCUT2D eigenvalue weighted by Gasteiger charge is 2.16. The van der Waals surface area contributed by atoms with Crippen LogP contribution in [0.4, 0.5) is 0 Å². The average molecular weight is 252 g/mol. The molecule has 0 aliphatic carbocycles. The smallest absolute Gasteiger partial charge is 0.191 e. The summed E-state index contributed by atoms with van der Waals surface area (Å²) in [6.45, 7) is 3.81. The Kier molecular flexibility index (Phi) is 6.28. The van der Waals surface area contributed by atoms with E-state index >= 15 is 0 Å². The fraction of sp³-hybridized carbons (Fsp3) is 0.615. The first-order chi connectivity index (χ1) is 8.69. The molecule has 0 saturated carbocycles.